The first-order chi connectivity index (χ1) is 14.1. The van der Waals surface area contributed by atoms with Gasteiger partial charge in [0.25, 0.3) is 5.91 Å². The summed E-state index contributed by atoms with van der Waals surface area (Å²) in [5.74, 6) is 1.02. The lowest BCUT2D eigenvalue weighted by atomic mass is 9.94. The molecule has 2 aliphatic rings. The average molecular weight is 413 g/mol. The van der Waals surface area contributed by atoms with Gasteiger partial charge in [-0.05, 0) is 55.2 Å². The lowest BCUT2D eigenvalue weighted by Gasteiger charge is -2.32. The molecule has 0 spiro atoms. The standard InChI is InChI=1S/C23H25ClN2O3/c24-20-9-7-17(8-10-20)23(28)26-11-3-5-19(14-26)22(27)25-13-16-12-18-4-1-2-6-21(18)29-15-16/h1-2,4,6-10,16,19H,3,5,11-15H2,(H,25,27)/t16-,19-/m0/s1. The second kappa shape index (κ2) is 8.87. The number of amides is 2. The van der Waals surface area contributed by atoms with Crippen LogP contribution in [0, 0.1) is 11.8 Å². The Morgan fingerprint density at radius 1 is 1.14 bits per heavy atom. The molecule has 0 aromatic heterocycles. The fourth-order valence-electron chi connectivity index (χ4n) is 4.06. The number of rotatable bonds is 4. The molecule has 0 saturated carbocycles. The Kier molecular flexibility index (Phi) is 6.05. The van der Waals surface area contributed by atoms with E-state index < -0.39 is 0 Å². The van der Waals surface area contributed by atoms with Crippen LogP contribution >= 0.6 is 11.6 Å². The lowest BCUT2D eigenvalue weighted by molar-refractivity contribution is -0.126. The van der Waals surface area contributed by atoms with Crippen molar-refractivity contribution in [2.45, 2.75) is 19.3 Å². The van der Waals surface area contributed by atoms with Gasteiger partial charge in [-0.15, -0.1) is 0 Å². The molecule has 2 aromatic rings. The van der Waals surface area contributed by atoms with Gasteiger partial charge in [0.2, 0.25) is 5.91 Å². The summed E-state index contributed by atoms with van der Waals surface area (Å²) < 4.78 is 5.81. The minimum atomic E-state index is -0.170. The maximum atomic E-state index is 12.7. The number of fused-ring (bicyclic) bond motifs is 1. The molecule has 1 saturated heterocycles. The van der Waals surface area contributed by atoms with Crippen LogP contribution in [0.15, 0.2) is 48.5 Å². The summed E-state index contributed by atoms with van der Waals surface area (Å²) in [5, 5.41) is 3.69. The SMILES string of the molecule is O=C(NC[C@H]1COc2ccccc2C1)[C@H]1CCCN(C(=O)c2ccc(Cl)cc2)C1. The van der Waals surface area contributed by atoms with Crippen LogP contribution in [0.25, 0.3) is 0 Å². The van der Waals surface area contributed by atoms with E-state index in [1.54, 1.807) is 29.2 Å². The number of nitrogens with one attached hydrogen (secondary N) is 1. The molecule has 2 aromatic carbocycles. The van der Waals surface area contributed by atoms with E-state index in [2.05, 4.69) is 11.4 Å². The van der Waals surface area contributed by atoms with Crippen molar-refractivity contribution in [3.8, 4) is 5.75 Å². The molecule has 2 atom stereocenters. The van der Waals surface area contributed by atoms with Gasteiger partial charge in [-0.1, -0.05) is 29.8 Å². The van der Waals surface area contributed by atoms with Gasteiger partial charge in [0.1, 0.15) is 5.75 Å². The highest BCUT2D eigenvalue weighted by atomic mass is 35.5. The van der Waals surface area contributed by atoms with E-state index in [9.17, 15) is 9.59 Å². The highest BCUT2D eigenvalue weighted by Crippen LogP contribution is 2.26. The van der Waals surface area contributed by atoms with Crippen molar-refractivity contribution in [1.82, 2.24) is 10.2 Å². The Morgan fingerprint density at radius 3 is 2.76 bits per heavy atom. The zero-order valence-corrected chi connectivity index (χ0v) is 17.0. The third-order valence-electron chi connectivity index (χ3n) is 5.69. The molecule has 0 aliphatic carbocycles. The van der Waals surface area contributed by atoms with Crippen molar-refractivity contribution < 1.29 is 14.3 Å². The fraction of sp³-hybridized carbons (Fsp3) is 0.391. The van der Waals surface area contributed by atoms with Crippen molar-refractivity contribution in [3.05, 3.63) is 64.7 Å². The first-order valence-electron chi connectivity index (χ1n) is 10.1. The molecule has 1 fully saturated rings. The van der Waals surface area contributed by atoms with Gasteiger partial charge in [0, 0.05) is 36.1 Å². The largest absolute Gasteiger partial charge is 0.493 e. The number of para-hydroxylation sites is 1. The number of halogens is 1. The van der Waals surface area contributed by atoms with Crippen LogP contribution in [0.1, 0.15) is 28.8 Å². The van der Waals surface area contributed by atoms with Crippen LogP contribution in [0.5, 0.6) is 5.75 Å². The van der Waals surface area contributed by atoms with Gasteiger partial charge in [0.05, 0.1) is 12.5 Å². The van der Waals surface area contributed by atoms with Crippen LogP contribution in [-0.2, 0) is 11.2 Å². The zero-order valence-electron chi connectivity index (χ0n) is 16.3. The maximum absolute atomic E-state index is 12.7. The number of carbonyl (C=O) groups excluding carboxylic acids is 2. The van der Waals surface area contributed by atoms with Gasteiger partial charge in [-0.25, -0.2) is 0 Å². The lowest BCUT2D eigenvalue weighted by Crippen LogP contribution is -2.46. The van der Waals surface area contributed by atoms with Crippen LogP contribution in [0.2, 0.25) is 5.02 Å². The molecule has 6 heteroatoms. The van der Waals surface area contributed by atoms with Crippen LogP contribution in [-0.4, -0.2) is 43.0 Å². The summed E-state index contributed by atoms with van der Waals surface area (Å²) >= 11 is 5.91. The third kappa shape index (κ3) is 4.73. The van der Waals surface area contributed by atoms with Crippen LogP contribution in [0.4, 0.5) is 0 Å². The zero-order chi connectivity index (χ0) is 20.2. The Labute approximate surface area is 176 Å². The Hall–Kier alpha value is -2.53. The smallest absolute Gasteiger partial charge is 0.253 e. The summed E-state index contributed by atoms with van der Waals surface area (Å²) in [6.45, 7) is 2.34. The topological polar surface area (TPSA) is 58.6 Å². The van der Waals surface area contributed by atoms with E-state index in [0.29, 0.717) is 36.8 Å². The second-order valence-corrected chi connectivity index (χ2v) is 8.27. The van der Waals surface area contributed by atoms with Gasteiger partial charge < -0.3 is 15.0 Å². The highest BCUT2D eigenvalue weighted by molar-refractivity contribution is 6.30. The first kappa shape index (κ1) is 19.8. The molecule has 152 valence electrons. The summed E-state index contributed by atoms with van der Waals surface area (Å²) in [5.41, 5.74) is 1.80. The number of ether oxygens (including phenoxy) is 1. The predicted molar refractivity (Wildman–Crippen MR) is 112 cm³/mol. The van der Waals surface area contributed by atoms with Crippen molar-refractivity contribution in [3.63, 3.8) is 0 Å². The quantitative estimate of drug-likeness (QED) is 0.835. The van der Waals surface area contributed by atoms with Gasteiger partial charge in [-0.2, -0.15) is 0 Å². The highest BCUT2D eigenvalue weighted by Gasteiger charge is 2.29. The first-order valence-corrected chi connectivity index (χ1v) is 10.5. The van der Waals surface area contributed by atoms with E-state index in [4.69, 9.17) is 16.3 Å². The Balaban J connectivity index is 1.30. The Bertz CT molecular complexity index is 884. The molecule has 2 amide bonds. The summed E-state index contributed by atoms with van der Waals surface area (Å²) in [6, 6.07) is 14.9. The van der Waals surface area contributed by atoms with E-state index in [1.165, 1.54) is 5.56 Å². The van der Waals surface area contributed by atoms with Crippen LogP contribution < -0.4 is 10.1 Å². The minimum Gasteiger partial charge on any atom is -0.493 e. The van der Waals surface area contributed by atoms with E-state index >= 15 is 0 Å². The minimum absolute atomic E-state index is 0.0254. The molecule has 0 bridgehead atoms. The predicted octanol–water partition coefficient (Wildman–Crippen LogP) is 3.56. The molecule has 2 heterocycles. The molecule has 5 nitrogen and oxygen atoms in total. The summed E-state index contributed by atoms with van der Waals surface area (Å²) in [7, 11) is 0. The summed E-state index contributed by atoms with van der Waals surface area (Å²) in [6.07, 6.45) is 2.54. The van der Waals surface area contributed by atoms with Crippen molar-refractivity contribution >= 4 is 23.4 Å². The van der Waals surface area contributed by atoms with Gasteiger partial charge in [-0.3, -0.25) is 9.59 Å². The monoisotopic (exact) mass is 412 g/mol. The third-order valence-corrected chi connectivity index (χ3v) is 5.94. The van der Waals surface area contributed by atoms with E-state index in [-0.39, 0.29) is 23.7 Å². The van der Waals surface area contributed by atoms with Gasteiger partial charge >= 0.3 is 0 Å². The molecular weight excluding hydrogens is 388 g/mol. The van der Waals surface area contributed by atoms with E-state index in [1.807, 2.05) is 18.2 Å². The molecular formula is C23H25ClN2O3. The normalized spacial score (nSPS) is 21.1. The second-order valence-electron chi connectivity index (χ2n) is 7.83. The van der Waals surface area contributed by atoms with Gasteiger partial charge in [0.15, 0.2) is 0 Å². The van der Waals surface area contributed by atoms with Crippen molar-refractivity contribution in [2.24, 2.45) is 11.8 Å². The Morgan fingerprint density at radius 2 is 1.93 bits per heavy atom. The molecule has 29 heavy (non-hydrogen) atoms. The number of likely N-dealkylation sites (tertiary alicyclic amines) is 1. The molecule has 0 unspecified atom stereocenters. The molecule has 4 rings (SSSR count). The number of benzene rings is 2. The fourth-order valence-corrected chi connectivity index (χ4v) is 4.19. The van der Waals surface area contributed by atoms with Crippen molar-refractivity contribution in [1.29, 1.82) is 0 Å². The molecule has 2 aliphatic heterocycles. The summed E-state index contributed by atoms with van der Waals surface area (Å²) in [4.78, 5) is 27.2. The average Bonchev–Trinajstić information content (AvgIpc) is 2.77. The van der Waals surface area contributed by atoms with E-state index in [0.717, 1.165) is 25.0 Å². The number of carbonyl (C=O) groups is 2. The number of hydrogen-bond acceptors (Lipinski definition) is 3. The van der Waals surface area contributed by atoms with Crippen molar-refractivity contribution in [2.75, 3.05) is 26.2 Å². The number of piperidine rings is 1. The maximum Gasteiger partial charge on any atom is 0.253 e. The number of hydrogen-bond donors (Lipinski definition) is 1. The molecule has 1 N–H and O–H groups in total. The molecule has 0 radical (unpaired) electrons. The number of nitrogens with zero attached hydrogens (tertiary/aromatic N) is 1. The van der Waals surface area contributed by atoms with Crippen LogP contribution in [0.3, 0.4) is 0 Å².